The minimum atomic E-state index is 0. The summed E-state index contributed by atoms with van der Waals surface area (Å²) in [5.41, 5.74) is 4.78. The molecule has 0 unspecified atom stereocenters. The van der Waals surface area contributed by atoms with Gasteiger partial charge in [0, 0.05) is 43.7 Å². The van der Waals surface area contributed by atoms with Crippen LogP contribution in [0.25, 0.3) is 33.2 Å². The summed E-state index contributed by atoms with van der Waals surface area (Å²) in [5, 5.41) is 2.25. The van der Waals surface area contributed by atoms with Gasteiger partial charge in [0.05, 0.1) is 0 Å². The van der Waals surface area contributed by atoms with Crippen molar-refractivity contribution in [1.82, 2.24) is 4.98 Å². The van der Waals surface area contributed by atoms with Crippen LogP contribution in [0.1, 0.15) is 19.8 Å². The van der Waals surface area contributed by atoms with Gasteiger partial charge in [0.25, 0.3) is 6.20 Å². The van der Waals surface area contributed by atoms with Crippen molar-refractivity contribution in [3.63, 3.8) is 0 Å². The minimum absolute atomic E-state index is 0. The third-order valence-corrected chi connectivity index (χ3v) is 5.59. The number of aromatic nitrogens is 1. The molecule has 175 valence electrons. The van der Waals surface area contributed by atoms with Crippen molar-refractivity contribution in [2.45, 2.75) is 19.8 Å². The summed E-state index contributed by atoms with van der Waals surface area (Å²) in [6.45, 7) is 3.20. The molecular formula is C30H25IrN3O. The molecule has 0 saturated carbocycles. The molecule has 0 saturated heterocycles. The standard InChI is InChI=1S/C19H17N2O.C11H8N.Ir/c1-2-3-10-20-11-12-21(14-20)15-8-9-19-17(13-15)16-6-4-5-7-18(16)22-19;1-2-6-10(7-3-1)11-8-4-5-9-12-11;/h4-7,9,11-13H,2-3,10H2,1H3;1-6,8-9H;/q+1;-1;. The Labute approximate surface area is 218 Å². The van der Waals surface area contributed by atoms with Gasteiger partial charge in [-0.25, -0.2) is 0 Å². The molecule has 2 aromatic heterocycles. The van der Waals surface area contributed by atoms with Crippen LogP contribution in [0.2, 0.25) is 0 Å². The molecule has 0 aliphatic carbocycles. The van der Waals surface area contributed by atoms with E-state index in [0.29, 0.717) is 0 Å². The van der Waals surface area contributed by atoms with Gasteiger partial charge in [-0.05, 0) is 17.8 Å². The molecule has 35 heavy (non-hydrogen) atoms. The van der Waals surface area contributed by atoms with Crippen molar-refractivity contribution >= 4 is 33.6 Å². The van der Waals surface area contributed by atoms with Crippen molar-refractivity contribution in [2.75, 3.05) is 6.54 Å². The number of unbranched alkanes of at least 4 members (excludes halogenated alkanes) is 1. The Bertz CT molecular complexity index is 1480. The van der Waals surface area contributed by atoms with Crippen LogP contribution in [0.15, 0.2) is 102 Å². The average molecular weight is 636 g/mol. The first-order valence-electron chi connectivity index (χ1n) is 11.5. The number of rotatable bonds is 5. The van der Waals surface area contributed by atoms with Gasteiger partial charge in [-0.3, -0.25) is 0 Å². The maximum Gasteiger partial charge on any atom is 0.493 e. The predicted molar refractivity (Wildman–Crippen MR) is 135 cm³/mol. The van der Waals surface area contributed by atoms with Gasteiger partial charge >= 0.3 is 6.01 Å². The zero-order valence-electron chi connectivity index (χ0n) is 19.4. The van der Waals surface area contributed by atoms with E-state index in [1.807, 2.05) is 77.5 Å². The zero-order valence-corrected chi connectivity index (χ0v) is 21.8. The van der Waals surface area contributed by atoms with Gasteiger partial charge < -0.3 is 9.40 Å². The number of nitrogens with zero attached hydrogens (tertiary/aromatic N) is 3. The van der Waals surface area contributed by atoms with Gasteiger partial charge in [-0.15, -0.1) is 48.0 Å². The minimum Gasteiger partial charge on any atom is -0.516 e. The van der Waals surface area contributed by atoms with E-state index in [1.165, 1.54) is 12.8 Å². The van der Waals surface area contributed by atoms with E-state index in [2.05, 4.69) is 53.0 Å². The molecule has 0 atom stereocenters. The van der Waals surface area contributed by atoms with Crippen LogP contribution in [-0.4, -0.2) is 26.7 Å². The molecule has 4 nitrogen and oxygen atoms in total. The summed E-state index contributed by atoms with van der Waals surface area (Å²) in [6, 6.07) is 35.6. The maximum absolute atomic E-state index is 5.85. The number of furan rings is 1. The number of hydrogen-bond donors (Lipinski definition) is 0. The molecule has 0 amide bonds. The first-order valence-corrected chi connectivity index (χ1v) is 11.5. The van der Waals surface area contributed by atoms with Crippen LogP contribution in [0.4, 0.5) is 5.69 Å². The molecule has 6 rings (SSSR count). The Hall–Kier alpha value is -3.62. The summed E-state index contributed by atoms with van der Waals surface area (Å²) in [4.78, 5) is 4.22. The van der Waals surface area contributed by atoms with Crippen LogP contribution in [-0.2, 0) is 20.1 Å². The molecule has 0 spiro atoms. The fraction of sp³-hybridized carbons (Fsp3) is 0.133. The molecule has 0 N–H and O–H groups in total. The van der Waals surface area contributed by atoms with E-state index >= 15 is 0 Å². The van der Waals surface area contributed by atoms with Crippen molar-refractivity contribution in [3.8, 4) is 11.3 Å². The smallest absolute Gasteiger partial charge is 0.493 e. The Morgan fingerprint density at radius 2 is 1.77 bits per heavy atom. The van der Waals surface area contributed by atoms with E-state index in [4.69, 9.17) is 4.42 Å². The Morgan fingerprint density at radius 3 is 2.57 bits per heavy atom. The first kappa shape index (κ1) is 24.5. The Kier molecular flexibility index (Phi) is 8.18. The second kappa shape index (κ2) is 11.7. The van der Waals surface area contributed by atoms with Gasteiger partial charge in [0.2, 0.25) is 6.20 Å². The van der Waals surface area contributed by atoms with E-state index in [-0.39, 0.29) is 20.1 Å². The predicted octanol–water partition coefficient (Wildman–Crippen LogP) is 7.05. The monoisotopic (exact) mass is 636 g/mol. The largest absolute Gasteiger partial charge is 0.516 e. The molecular weight excluding hydrogens is 611 g/mol. The van der Waals surface area contributed by atoms with E-state index in [9.17, 15) is 0 Å². The summed E-state index contributed by atoms with van der Waals surface area (Å²) >= 11 is 0. The van der Waals surface area contributed by atoms with E-state index < -0.39 is 0 Å². The topological polar surface area (TPSA) is 32.0 Å². The van der Waals surface area contributed by atoms with E-state index in [1.54, 1.807) is 6.20 Å². The van der Waals surface area contributed by atoms with Crippen molar-refractivity contribution in [3.05, 3.63) is 110 Å². The molecule has 5 heteroatoms. The number of pyridine rings is 1. The Morgan fingerprint density at radius 1 is 0.914 bits per heavy atom. The van der Waals surface area contributed by atoms with Gasteiger partial charge in [-0.2, -0.15) is 0 Å². The van der Waals surface area contributed by atoms with Crippen LogP contribution in [0.5, 0.6) is 0 Å². The van der Waals surface area contributed by atoms with Crippen LogP contribution < -0.4 is 0 Å². The first-order chi connectivity index (χ1) is 16.8. The van der Waals surface area contributed by atoms with Crippen LogP contribution in [0.3, 0.4) is 0 Å². The number of fused-ring (bicyclic) bond motifs is 3. The summed E-state index contributed by atoms with van der Waals surface area (Å²) in [5.74, 6) is 0. The molecule has 3 aromatic carbocycles. The molecule has 0 fully saturated rings. The van der Waals surface area contributed by atoms with Crippen LogP contribution >= 0.6 is 0 Å². The van der Waals surface area contributed by atoms with Gasteiger partial charge in [0.15, 0.2) is 6.54 Å². The molecule has 3 heterocycles. The third-order valence-electron chi connectivity index (χ3n) is 5.59. The van der Waals surface area contributed by atoms with Gasteiger partial charge in [-0.1, -0.05) is 64.3 Å². The van der Waals surface area contributed by atoms with Crippen molar-refractivity contribution < 1.29 is 33.7 Å². The molecule has 5 aromatic rings. The summed E-state index contributed by atoms with van der Waals surface area (Å²) < 4.78 is 9.92. The SMILES string of the molecule is CCCC[N+]1=C=[N+](c2[c-]cc3oc4ccccc4c3c2)C=C1.[Ir].[c-]1ccccc1-c1ccccn1. The average Bonchev–Trinajstić information content (AvgIpc) is 3.53. The third kappa shape index (κ3) is 5.72. The number of hydrogen-bond acceptors (Lipinski definition) is 2. The van der Waals surface area contributed by atoms with Gasteiger partial charge in [0.1, 0.15) is 11.3 Å². The maximum atomic E-state index is 5.85. The van der Waals surface area contributed by atoms with Crippen molar-refractivity contribution in [2.24, 2.45) is 0 Å². The molecule has 1 aliphatic heterocycles. The number of benzene rings is 3. The fourth-order valence-electron chi connectivity index (χ4n) is 3.81. The van der Waals surface area contributed by atoms with E-state index in [0.717, 1.165) is 45.4 Å². The zero-order chi connectivity index (χ0) is 23.2. The molecule has 0 bridgehead atoms. The number of para-hydroxylation sites is 1. The Balaban J connectivity index is 0.000000189. The second-order valence-corrected chi connectivity index (χ2v) is 8.00. The summed E-state index contributed by atoms with van der Waals surface area (Å²) in [7, 11) is 0. The molecule has 1 aliphatic rings. The second-order valence-electron chi connectivity index (χ2n) is 8.00. The van der Waals surface area contributed by atoms with Crippen LogP contribution in [0, 0.1) is 12.1 Å². The molecule has 1 radical (unpaired) electrons. The quantitative estimate of drug-likeness (QED) is 0.153. The fourth-order valence-corrected chi connectivity index (χ4v) is 3.81. The van der Waals surface area contributed by atoms with Crippen molar-refractivity contribution in [1.29, 1.82) is 0 Å². The normalized spacial score (nSPS) is 12.0. The summed E-state index contributed by atoms with van der Waals surface area (Å²) in [6.07, 6.45) is 8.22.